The van der Waals surface area contributed by atoms with E-state index in [0.717, 1.165) is 5.22 Å². The molecule has 1 heterocycles. The number of hydrogen-bond donors (Lipinski definition) is 1. The number of nitrogens with two attached hydrogens (primary N) is 1. The van der Waals surface area contributed by atoms with Crippen LogP contribution in [0.4, 0.5) is 0 Å². The van der Waals surface area contributed by atoms with E-state index < -0.39 is 0 Å². The van der Waals surface area contributed by atoms with Gasteiger partial charge in [0.1, 0.15) is 5.70 Å². The maximum absolute atomic E-state index is 10.9. The molecule has 0 aromatic heterocycles. The van der Waals surface area contributed by atoms with E-state index in [1.54, 1.807) is 12.1 Å². The fourth-order valence-corrected chi connectivity index (χ4v) is 1.08. The topological polar surface area (TPSA) is 55.4 Å². The first-order chi connectivity index (χ1) is 5.29. The van der Waals surface area contributed by atoms with Crippen molar-refractivity contribution < 1.29 is 4.79 Å². The molecule has 0 unspecified atom stereocenters. The molecule has 1 aromatic carbocycles. The molecular formula is C8H6N2O. The highest BCUT2D eigenvalue weighted by Crippen LogP contribution is 1.89. The van der Waals surface area contributed by atoms with Gasteiger partial charge in [0.05, 0.1) is 5.36 Å². The van der Waals surface area contributed by atoms with Crippen LogP contribution in [-0.4, -0.2) is 5.91 Å². The van der Waals surface area contributed by atoms with Crippen LogP contribution in [-0.2, 0) is 4.79 Å². The van der Waals surface area contributed by atoms with Crippen molar-refractivity contribution in [3.8, 4) is 0 Å². The maximum Gasteiger partial charge on any atom is 0.294 e. The van der Waals surface area contributed by atoms with Gasteiger partial charge < -0.3 is 5.73 Å². The van der Waals surface area contributed by atoms with Crippen molar-refractivity contribution in [1.29, 1.82) is 0 Å². The Hall–Kier alpha value is -1.64. The summed E-state index contributed by atoms with van der Waals surface area (Å²) < 4.78 is 0. The Morgan fingerprint density at radius 2 is 2.00 bits per heavy atom. The fourth-order valence-electron chi connectivity index (χ4n) is 1.08. The molecule has 54 valence electrons. The highest BCUT2D eigenvalue weighted by molar-refractivity contribution is 6.13. The first-order valence-electron chi connectivity index (χ1n) is 3.27. The largest absolute Gasteiger partial charge is 0.394 e. The molecule has 0 spiro atoms. The summed E-state index contributed by atoms with van der Waals surface area (Å²) in [5.41, 5.74) is 5.71. The van der Waals surface area contributed by atoms with Crippen LogP contribution in [0.3, 0.4) is 0 Å². The number of carbonyl (C=O) groups excluding carboxylic acids is 1. The first-order valence-corrected chi connectivity index (χ1v) is 3.27. The molecule has 0 bridgehead atoms. The zero-order chi connectivity index (χ0) is 7.84. The van der Waals surface area contributed by atoms with Gasteiger partial charge in [0.2, 0.25) is 0 Å². The maximum atomic E-state index is 10.9. The third-order valence-electron chi connectivity index (χ3n) is 1.65. The van der Waals surface area contributed by atoms with Crippen LogP contribution in [0.1, 0.15) is 0 Å². The van der Waals surface area contributed by atoms with Crippen LogP contribution in [0.25, 0.3) is 5.70 Å². The van der Waals surface area contributed by atoms with Crippen molar-refractivity contribution in [1.82, 2.24) is 0 Å². The van der Waals surface area contributed by atoms with Crippen molar-refractivity contribution in [2.75, 3.05) is 0 Å². The number of para-hydroxylation sites is 1. The Morgan fingerprint density at radius 3 is 2.73 bits per heavy atom. The van der Waals surface area contributed by atoms with Gasteiger partial charge in [-0.05, 0) is 6.07 Å². The minimum absolute atomic E-state index is 0.251. The predicted molar refractivity (Wildman–Crippen MR) is 39.8 cm³/mol. The summed E-state index contributed by atoms with van der Waals surface area (Å²) in [6.07, 6.45) is 0. The summed E-state index contributed by atoms with van der Waals surface area (Å²) in [6.45, 7) is 0. The van der Waals surface area contributed by atoms with Crippen molar-refractivity contribution in [2.45, 2.75) is 0 Å². The molecule has 0 aliphatic carbocycles. The van der Waals surface area contributed by atoms with Gasteiger partial charge in [-0.15, -0.1) is 0 Å². The Balaban J connectivity index is 3.00. The lowest BCUT2D eigenvalue weighted by atomic mass is 10.2. The molecule has 11 heavy (non-hydrogen) atoms. The van der Waals surface area contributed by atoms with E-state index in [1.165, 1.54) is 0 Å². The number of amides is 1. The molecule has 1 aliphatic rings. The van der Waals surface area contributed by atoms with Crippen LogP contribution in [0.5, 0.6) is 0 Å². The lowest BCUT2D eigenvalue weighted by molar-refractivity contribution is -0.112. The van der Waals surface area contributed by atoms with Crippen molar-refractivity contribution in [3.63, 3.8) is 0 Å². The normalized spacial score (nSPS) is 14.5. The number of rotatable bonds is 0. The zero-order valence-electron chi connectivity index (χ0n) is 5.74. The van der Waals surface area contributed by atoms with Gasteiger partial charge in [0.15, 0.2) is 0 Å². The smallest absolute Gasteiger partial charge is 0.294 e. The Morgan fingerprint density at radius 1 is 1.27 bits per heavy atom. The van der Waals surface area contributed by atoms with Gasteiger partial charge in [0, 0.05) is 5.22 Å². The molecule has 2 rings (SSSR count). The predicted octanol–water partition coefficient (Wildman–Crippen LogP) is -1.09. The van der Waals surface area contributed by atoms with E-state index in [-0.39, 0.29) is 11.6 Å². The molecule has 0 atom stereocenters. The van der Waals surface area contributed by atoms with Crippen LogP contribution < -0.4 is 16.3 Å². The number of hydrogen-bond acceptors (Lipinski definition) is 2. The number of carbonyl (C=O) groups is 1. The molecular weight excluding hydrogens is 140 g/mol. The minimum Gasteiger partial charge on any atom is -0.394 e. The molecule has 1 amide bonds. The molecule has 2 N–H and O–H groups in total. The van der Waals surface area contributed by atoms with Crippen molar-refractivity contribution in [3.05, 3.63) is 34.8 Å². The summed E-state index contributed by atoms with van der Waals surface area (Å²) >= 11 is 0. The van der Waals surface area contributed by atoms with E-state index in [1.807, 2.05) is 12.1 Å². The lowest BCUT2D eigenvalue weighted by Gasteiger charge is -1.83. The Kier molecular flexibility index (Phi) is 1.06. The average molecular weight is 146 g/mol. The van der Waals surface area contributed by atoms with Crippen LogP contribution in [0.2, 0.25) is 0 Å². The monoisotopic (exact) mass is 146 g/mol. The van der Waals surface area contributed by atoms with Crippen molar-refractivity contribution >= 4 is 11.6 Å². The second-order valence-corrected chi connectivity index (χ2v) is 2.35. The van der Waals surface area contributed by atoms with E-state index in [4.69, 9.17) is 5.73 Å². The summed E-state index contributed by atoms with van der Waals surface area (Å²) in [7, 11) is 0. The Labute approximate surface area is 62.9 Å². The molecule has 0 radical (unpaired) electrons. The van der Waals surface area contributed by atoms with Gasteiger partial charge in [-0.1, -0.05) is 18.2 Å². The second kappa shape index (κ2) is 1.92. The van der Waals surface area contributed by atoms with Crippen LogP contribution in [0.15, 0.2) is 29.3 Å². The molecule has 3 heteroatoms. The van der Waals surface area contributed by atoms with Crippen molar-refractivity contribution in [2.24, 2.45) is 10.7 Å². The summed E-state index contributed by atoms with van der Waals surface area (Å²) in [5, 5.41) is 1.42. The third kappa shape index (κ3) is 0.741. The molecule has 1 aromatic rings. The lowest BCUT2D eigenvalue weighted by Crippen LogP contribution is -2.24. The molecule has 0 saturated heterocycles. The minimum atomic E-state index is -0.328. The van der Waals surface area contributed by atoms with Gasteiger partial charge in [0.25, 0.3) is 5.91 Å². The number of fused-ring (bicyclic) bond motifs is 1. The van der Waals surface area contributed by atoms with Gasteiger partial charge in [-0.3, -0.25) is 4.79 Å². The summed E-state index contributed by atoms with van der Waals surface area (Å²) in [4.78, 5) is 14.6. The summed E-state index contributed by atoms with van der Waals surface area (Å²) in [6, 6.07) is 7.22. The number of benzene rings is 1. The average Bonchev–Trinajstić information content (AvgIpc) is 2.30. The van der Waals surface area contributed by atoms with Gasteiger partial charge in [-0.25, -0.2) is 4.99 Å². The van der Waals surface area contributed by atoms with Crippen LogP contribution in [0, 0.1) is 0 Å². The molecule has 3 nitrogen and oxygen atoms in total. The first kappa shape index (κ1) is 6.09. The Bertz CT molecular complexity index is 434. The highest BCUT2D eigenvalue weighted by Gasteiger charge is 2.10. The molecule has 0 saturated carbocycles. The standard InChI is InChI=1S/C8H6N2O/c9-7-5-3-1-2-4-6(5)10-8(7)11/h1-4H,(H2,9,10,11). The van der Waals surface area contributed by atoms with E-state index in [2.05, 4.69) is 4.99 Å². The van der Waals surface area contributed by atoms with E-state index >= 15 is 0 Å². The number of nitrogens with zero attached hydrogens (tertiary/aromatic N) is 1. The molecule has 1 aliphatic heterocycles. The quantitative estimate of drug-likeness (QED) is 0.505. The van der Waals surface area contributed by atoms with Crippen LogP contribution >= 0.6 is 0 Å². The van der Waals surface area contributed by atoms with E-state index in [9.17, 15) is 4.79 Å². The van der Waals surface area contributed by atoms with Gasteiger partial charge >= 0.3 is 0 Å². The zero-order valence-corrected chi connectivity index (χ0v) is 5.74. The van der Waals surface area contributed by atoms with Gasteiger partial charge in [-0.2, -0.15) is 0 Å². The highest BCUT2D eigenvalue weighted by atomic mass is 16.1. The SMILES string of the molecule is NC1=c2ccccc2=NC1=O. The van der Waals surface area contributed by atoms with E-state index in [0.29, 0.717) is 5.36 Å². The fraction of sp³-hybridized carbons (Fsp3) is 0. The molecule has 0 fully saturated rings. The summed E-state index contributed by atoms with van der Waals surface area (Å²) in [5.74, 6) is -0.328. The third-order valence-corrected chi connectivity index (χ3v) is 1.65. The second-order valence-electron chi connectivity index (χ2n) is 2.35.